The molecular formula is HP9. The van der Waals surface area contributed by atoms with E-state index in [4.69, 9.17) is 0 Å². The minimum absolute atomic E-state index is 1.19. The predicted molar refractivity (Wildman–Crippen MR) is 63.7 cm³/mol. The number of hydrogen-bond donors (Lipinski definition) is 0. The maximum atomic E-state index is 4.08. The van der Waals surface area contributed by atoms with Gasteiger partial charge in [-0.1, -0.05) is 0 Å². The summed E-state index contributed by atoms with van der Waals surface area (Å²) in [4.78, 5) is 0. The van der Waals surface area contributed by atoms with Crippen LogP contribution < -0.4 is 0 Å². The van der Waals surface area contributed by atoms with Crippen LogP contribution in [-0.2, 0) is 0 Å². The molecule has 0 aliphatic heterocycles. The van der Waals surface area contributed by atoms with Crippen LogP contribution in [-0.4, -0.2) is 0 Å². The molecule has 46 valence electrons. The Labute approximate surface area is 69.2 Å². The second-order valence-electron chi connectivity index (χ2n) is 0.637. The van der Waals surface area contributed by atoms with Gasteiger partial charge in [-0.3, -0.25) is 0 Å². The molecule has 0 aromatic heterocycles. The van der Waals surface area contributed by atoms with Gasteiger partial charge in [0.15, 0.2) is 0 Å². The van der Waals surface area contributed by atoms with Crippen LogP contribution in [0.3, 0.4) is 0 Å². The summed E-state index contributed by atoms with van der Waals surface area (Å²) in [6.45, 7) is 1.19. The molecule has 0 aromatic carbocycles. The summed E-state index contributed by atoms with van der Waals surface area (Å²) in [5.41, 5.74) is 0. The molecule has 0 nitrogen and oxygen atoms in total. The van der Waals surface area contributed by atoms with E-state index in [1.165, 1.54) is 52.3 Å². The van der Waals surface area contributed by atoms with Crippen molar-refractivity contribution in [3.8, 4) is 0 Å². The summed E-state index contributed by atoms with van der Waals surface area (Å²) in [5, 5.41) is 0. The third-order valence-corrected chi connectivity index (χ3v) is 19.8. The van der Waals surface area contributed by atoms with E-state index in [1.807, 2.05) is 0 Å². The molecule has 0 aliphatic carbocycles. The summed E-state index contributed by atoms with van der Waals surface area (Å²) in [6.07, 6.45) is 0. The molecule has 0 unspecified atom stereocenters. The number of rotatable bonds is 3. The van der Waals surface area contributed by atoms with E-state index in [0.29, 0.717) is 0 Å². The molecule has 0 saturated heterocycles. The van der Waals surface area contributed by atoms with E-state index in [2.05, 4.69) is 16.9 Å². The van der Waals surface area contributed by atoms with E-state index in [0.717, 1.165) is 0 Å². The Balaban J connectivity index is 3.63. The molecule has 0 atom stereocenters. The van der Waals surface area contributed by atoms with Gasteiger partial charge >= 0.3 is 69.2 Å². The number of hydrogen-bond acceptors (Lipinski definition) is 0. The van der Waals surface area contributed by atoms with Crippen molar-refractivity contribution in [1.29, 1.82) is 0 Å². The monoisotopic (exact) mass is 280 g/mol. The minimum atomic E-state index is 1.19. The third-order valence-electron chi connectivity index (χ3n) is 0.245. The van der Waals surface area contributed by atoms with Crippen molar-refractivity contribution >= 4 is 69.2 Å². The van der Waals surface area contributed by atoms with Gasteiger partial charge in [0, 0.05) is 0 Å². The molecule has 0 radical (unpaired) electrons. The molecule has 0 aliphatic rings. The van der Waals surface area contributed by atoms with Crippen LogP contribution in [0.1, 0.15) is 0 Å². The molecule has 0 amide bonds. The molecule has 0 fully saturated rings. The zero-order valence-corrected chi connectivity index (χ0v) is 12.2. The normalized spacial score (nSPS) is 11.9. The summed E-state index contributed by atoms with van der Waals surface area (Å²) in [5.74, 6) is 0. The maximum absolute atomic E-state index is 4.08. The standard InChI is InChI=1S/HP9/c1-3-5-7-9-8-6-4-2/h1H. The zero-order chi connectivity index (χ0) is 6.95. The summed E-state index contributed by atoms with van der Waals surface area (Å²) < 4.78 is 0. The summed E-state index contributed by atoms with van der Waals surface area (Å²) in [6, 6.07) is 0. The van der Waals surface area contributed by atoms with Crippen molar-refractivity contribution in [3.05, 3.63) is 0 Å². The predicted octanol–water partition coefficient (Wildman–Crippen LogP) is 7.48. The quantitative estimate of drug-likeness (QED) is 0.470. The van der Waals surface area contributed by atoms with Crippen LogP contribution >= 0.6 is 69.2 Å². The van der Waals surface area contributed by atoms with Crippen LogP contribution in [0, 0.1) is 0 Å². The molecule has 0 N–H and O–H groups in total. The Morgan fingerprint density at radius 2 is 1.44 bits per heavy atom. The van der Waals surface area contributed by atoms with Crippen molar-refractivity contribution < 1.29 is 0 Å². The third kappa shape index (κ3) is 11.0. The molecular weight excluding hydrogens is 279 g/mol. The van der Waals surface area contributed by atoms with Gasteiger partial charge in [-0.25, -0.2) is 0 Å². The van der Waals surface area contributed by atoms with Crippen LogP contribution in [0.15, 0.2) is 0 Å². The second-order valence-corrected chi connectivity index (χ2v) is 17.2. The Morgan fingerprint density at radius 3 is 2.00 bits per heavy atom. The van der Waals surface area contributed by atoms with E-state index < -0.39 is 0 Å². The van der Waals surface area contributed by atoms with Crippen molar-refractivity contribution in [1.82, 2.24) is 0 Å². The fourth-order valence-corrected chi connectivity index (χ4v) is 22.2. The first kappa shape index (κ1) is 12.0. The fourth-order valence-electron chi connectivity index (χ4n) is 0.0916. The molecule has 0 aromatic rings. The second kappa shape index (κ2) is 11.0. The first-order valence-electron chi connectivity index (χ1n) is 1.62. The van der Waals surface area contributed by atoms with Gasteiger partial charge in [0.05, 0.1) is 0 Å². The fraction of sp³-hybridized carbons (Fsp3) is 0. The summed E-state index contributed by atoms with van der Waals surface area (Å²) in [7, 11) is 16.1. The van der Waals surface area contributed by atoms with Crippen molar-refractivity contribution in [2.75, 3.05) is 0 Å². The van der Waals surface area contributed by atoms with Gasteiger partial charge in [0.1, 0.15) is 0 Å². The summed E-state index contributed by atoms with van der Waals surface area (Å²) >= 11 is 0. The first-order chi connectivity index (χ1) is 4.41. The van der Waals surface area contributed by atoms with Gasteiger partial charge < -0.3 is 0 Å². The Bertz CT molecular complexity index is 200. The van der Waals surface area contributed by atoms with Crippen molar-refractivity contribution in [2.24, 2.45) is 0 Å². The molecule has 0 bridgehead atoms. The van der Waals surface area contributed by atoms with E-state index in [1.54, 1.807) is 0 Å². The van der Waals surface area contributed by atoms with Gasteiger partial charge in [0.2, 0.25) is 0 Å². The van der Waals surface area contributed by atoms with E-state index in [9.17, 15) is 0 Å². The van der Waals surface area contributed by atoms with Crippen LogP contribution in [0.4, 0.5) is 0 Å². The van der Waals surface area contributed by atoms with Crippen molar-refractivity contribution in [2.45, 2.75) is 0 Å². The average Bonchev–Trinajstić information content (AvgIpc) is 1.89. The SMILES string of the molecule is P#P=P/P=P\P=P/P=P. The average molecular weight is 280 g/mol. The Morgan fingerprint density at radius 1 is 0.889 bits per heavy atom. The van der Waals surface area contributed by atoms with Crippen LogP contribution in [0.5, 0.6) is 0 Å². The van der Waals surface area contributed by atoms with Crippen molar-refractivity contribution in [3.63, 3.8) is 0 Å². The molecule has 9 heavy (non-hydrogen) atoms. The van der Waals surface area contributed by atoms with Crippen LogP contribution in [0.25, 0.3) is 0 Å². The van der Waals surface area contributed by atoms with Gasteiger partial charge in [-0.05, 0) is 0 Å². The molecule has 0 rings (SSSR count). The Kier molecular flexibility index (Phi) is 14.6. The van der Waals surface area contributed by atoms with Gasteiger partial charge in [-0.2, -0.15) is 0 Å². The molecule has 0 spiro atoms. The topological polar surface area (TPSA) is 0 Å². The zero-order valence-electron chi connectivity index (χ0n) is 4.08. The van der Waals surface area contributed by atoms with E-state index in [-0.39, 0.29) is 0 Å². The Hall–Kier alpha value is 2.96. The molecule has 0 saturated carbocycles. The molecule has 9 heteroatoms. The molecule has 0 heterocycles. The van der Waals surface area contributed by atoms with Gasteiger partial charge in [-0.15, -0.1) is 0 Å². The first-order valence-corrected chi connectivity index (χ1v) is 14.6. The van der Waals surface area contributed by atoms with Crippen LogP contribution in [0.2, 0.25) is 0 Å². The van der Waals surface area contributed by atoms with Gasteiger partial charge in [0.25, 0.3) is 0 Å². The van der Waals surface area contributed by atoms with E-state index >= 15 is 0 Å².